The molecule has 2 aromatic rings. The van der Waals surface area contributed by atoms with Gasteiger partial charge in [-0.05, 0) is 18.1 Å². The molecule has 0 saturated heterocycles. The molecule has 4 N–H and O–H groups in total. The van der Waals surface area contributed by atoms with Gasteiger partial charge in [0.1, 0.15) is 18.7 Å². The van der Waals surface area contributed by atoms with Gasteiger partial charge in [0, 0.05) is 6.42 Å². The van der Waals surface area contributed by atoms with Crippen molar-refractivity contribution in [1.29, 1.82) is 0 Å². The third kappa shape index (κ3) is 6.81. The van der Waals surface area contributed by atoms with Crippen LogP contribution in [-0.4, -0.2) is 30.0 Å². The molecule has 7 nitrogen and oxygen atoms in total. The van der Waals surface area contributed by atoms with Crippen LogP contribution in [0.4, 0.5) is 4.79 Å². The largest absolute Gasteiger partial charge is 0.445 e. The van der Waals surface area contributed by atoms with Crippen molar-refractivity contribution < 1.29 is 19.1 Å². The number of nitrogens with two attached hydrogens (primary N) is 1. The average molecular weight is 369 g/mol. The smallest absolute Gasteiger partial charge is 0.408 e. The second-order valence-corrected chi connectivity index (χ2v) is 6.08. The van der Waals surface area contributed by atoms with E-state index < -0.39 is 30.0 Å². The van der Waals surface area contributed by atoms with Gasteiger partial charge in [-0.1, -0.05) is 60.7 Å². The van der Waals surface area contributed by atoms with E-state index in [1.807, 2.05) is 60.7 Å². The maximum atomic E-state index is 12.5. The van der Waals surface area contributed by atoms with Crippen LogP contribution in [0, 0.1) is 0 Å². The Morgan fingerprint density at radius 1 is 0.926 bits per heavy atom. The van der Waals surface area contributed by atoms with Crippen molar-refractivity contribution in [3.05, 3.63) is 71.8 Å². The first-order valence-corrected chi connectivity index (χ1v) is 8.56. The van der Waals surface area contributed by atoms with Gasteiger partial charge in [-0.25, -0.2) is 4.79 Å². The van der Waals surface area contributed by atoms with E-state index in [1.165, 1.54) is 6.92 Å². The maximum Gasteiger partial charge on any atom is 0.408 e. The molecule has 0 fully saturated rings. The molecule has 3 amide bonds. The fraction of sp³-hybridized carbons (Fsp3) is 0.250. The average Bonchev–Trinajstić information content (AvgIpc) is 2.67. The highest BCUT2D eigenvalue weighted by molar-refractivity contribution is 5.90. The molecule has 0 bridgehead atoms. The number of carbonyl (C=O) groups is 3. The monoisotopic (exact) mass is 369 g/mol. The maximum absolute atomic E-state index is 12.5. The number of alkyl carbamates (subject to hydrolysis) is 1. The van der Waals surface area contributed by atoms with E-state index in [2.05, 4.69) is 10.6 Å². The molecule has 27 heavy (non-hydrogen) atoms. The molecule has 2 atom stereocenters. The van der Waals surface area contributed by atoms with Crippen LogP contribution >= 0.6 is 0 Å². The minimum Gasteiger partial charge on any atom is -0.445 e. The summed E-state index contributed by atoms with van der Waals surface area (Å²) in [7, 11) is 0. The van der Waals surface area contributed by atoms with Gasteiger partial charge in [0.15, 0.2) is 0 Å². The molecular formula is C20H23N3O4. The van der Waals surface area contributed by atoms with E-state index in [0.717, 1.165) is 11.1 Å². The third-order valence-electron chi connectivity index (χ3n) is 3.89. The SMILES string of the molecule is C[C@@H](NC(=O)[C@@H](Cc1ccccc1)NC(=O)OCc1ccccc1)C(N)=O. The first kappa shape index (κ1) is 20.0. The van der Waals surface area contributed by atoms with Crippen LogP contribution in [-0.2, 0) is 27.4 Å². The number of ether oxygens (including phenoxy) is 1. The Balaban J connectivity index is 2.00. The molecule has 2 rings (SSSR count). The van der Waals surface area contributed by atoms with Gasteiger partial charge >= 0.3 is 6.09 Å². The first-order chi connectivity index (χ1) is 13.0. The van der Waals surface area contributed by atoms with E-state index >= 15 is 0 Å². The Morgan fingerprint density at radius 3 is 2.04 bits per heavy atom. The Bertz CT molecular complexity index is 765. The highest BCUT2D eigenvalue weighted by Gasteiger charge is 2.24. The summed E-state index contributed by atoms with van der Waals surface area (Å²) in [5.74, 6) is -1.17. The van der Waals surface area contributed by atoms with Crippen LogP contribution in [0.1, 0.15) is 18.1 Å². The van der Waals surface area contributed by atoms with Gasteiger partial charge < -0.3 is 21.1 Å². The second-order valence-electron chi connectivity index (χ2n) is 6.08. The van der Waals surface area contributed by atoms with Gasteiger partial charge in [0.25, 0.3) is 0 Å². The van der Waals surface area contributed by atoms with Crippen LogP contribution in [0.25, 0.3) is 0 Å². The lowest BCUT2D eigenvalue weighted by molar-refractivity contribution is -0.128. The van der Waals surface area contributed by atoms with Crippen molar-refractivity contribution in [2.45, 2.75) is 32.0 Å². The third-order valence-corrected chi connectivity index (χ3v) is 3.89. The Hall–Kier alpha value is -3.35. The van der Waals surface area contributed by atoms with Gasteiger partial charge in [-0.2, -0.15) is 0 Å². The lowest BCUT2D eigenvalue weighted by Crippen LogP contribution is -2.52. The second kappa shape index (κ2) is 9.96. The van der Waals surface area contributed by atoms with E-state index in [-0.39, 0.29) is 13.0 Å². The number of hydrogen-bond acceptors (Lipinski definition) is 4. The Labute approximate surface area is 157 Å². The highest BCUT2D eigenvalue weighted by Crippen LogP contribution is 2.05. The van der Waals surface area contributed by atoms with E-state index in [9.17, 15) is 14.4 Å². The normalized spacial score (nSPS) is 12.5. The van der Waals surface area contributed by atoms with Crippen LogP contribution in [0.15, 0.2) is 60.7 Å². The predicted molar refractivity (Wildman–Crippen MR) is 100 cm³/mol. The number of rotatable bonds is 8. The summed E-state index contributed by atoms with van der Waals surface area (Å²) in [6.07, 6.45) is -0.472. The number of nitrogens with one attached hydrogen (secondary N) is 2. The molecule has 0 aromatic heterocycles. The van der Waals surface area contributed by atoms with Crippen molar-refractivity contribution in [3.8, 4) is 0 Å². The zero-order chi connectivity index (χ0) is 19.6. The molecular weight excluding hydrogens is 346 g/mol. The number of benzene rings is 2. The minimum atomic E-state index is -0.905. The molecule has 0 saturated carbocycles. The van der Waals surface area contributed by atoms with E-state index in [0.29, 0.717) is 0 Å². The Morgan fingerprint density at radius 2 is 1.48 bits per heavy atom. The molecule has 142 valence electrons. The van der Waals surface area contributed by atoms with Crippen molar-refractivity contribution in [2.24, 2.45) is 5.73 Å². The molecule has 0 radical (unpaired) electrons. The molecule has 0 heterocycles. The molecule has 0 aliphatic carbocycles. The Kier molecular flexibility index (Phi) is 7.37. The van der Waals surface area contributed by atoms with Gasteiger partial charge in [0.05, 0.1) is 0 Å². The van der Waals surface area contributed by atoms with Gasteiger partial charge in [-0.15, -0.1) is 0 Å². The van der Waals surface area contributed by atoms with Crippen molar-refractivity contribution in [3.63, 3.8) is 0 Å². The summed E-state index contributed by atoms with van der Waals surface area (Å²) in [4.78, 5) is 35.8. The summed E-state index contributed by atoms with van der Waals surface area (Å²) < 4.78 is 5.18. The molecule has 0 unspecified atom stereocenters. The minimum absolute atomic E-state index is 0.0873. The first-order valence-electron chi connectivity index (χ1n) is 8.56. The zero-order valence-electron chi connectivity index (χ0n) is 15.1. The van der Waals surface area contributed by atoms with Crippen molar-refractivity contribution in [2.75, 3.05) is 0 Å². The fourth-order valence-electron chi connectivity index (χ4n) is 2.35. The number of hydrogen-bond donors (Lipinski definition) is 3. The molecule has 0 aliphatic rings. The van der Waals surface area contributed by atoms with Crippen LogP contribution in [0.3, 0.4) is 0 Å². The standard InChI is InChI=1S/C20H23N3O4/c1-14(18(21)24)22-19(25)17(12-15-8-4-2-5-9-15)23-20(26)27-13-16-10-6-3-7-11-16/h2-11,14,17H,12-13H2,1H3,(H2,21,24)(H,22,25)(H,23,26)/t14-,17-/m1/s1. The molecule has 0 aliphatic heterocycles. The highest BCUT2D eigenvalue weighted by atomic mass is 16.5. The quantitative estimate of drug-likeness (QED) is 0.655. The topological polar surface area (TPSA) is 111 Å². The number of primary amides is 1. The zero-order valence-corrected chi connectivity index (χ0v) is 15.1. The van der Waals surface area contributed by atoms with Crippen LogP contribution in [0.5, 0.6) is 0 Å². The van der Waals surface area contributed by atoms with Crippen molar-refractivity contribution in [1.82, 2.24) is 10.6 Å². The summed E-state index contributed by atoms with van der Waals surface area (Å²) in [5.41, 5.74) is 6.87. The summed E-state index contributed by atoms with van der Waals surface area (Å²) in [6, 6.07) is 16.7. The summed E-state index contributed by atoms with van der Waals surface area (Å²) >= 11 is 0. The lowest BCUT2D eigenvalue weighted by Gasteiger charge is -2.20. The van der Waals surface area contributed by atoms with E-state index in [4.69, 9.17) is 10.5 Å². The fourth-order valence-corrected chi connectivity index (χ4v) is 2.35. The lowest BCUT2D eigenvalue weighted by atomic mass is 10.1. The molecule has 7 heteroatoms. The summed E-state index contributed by atoms with van der Waals surface area (Å²) in [6.45, 7) is 1.57. The van der Waals surface area contributed by atoms with Crippen LogP contribution < -0.4 is 16.4 Å². The van der Waals surface area contributed by atoms with E-state index in [1.54, 1.807) is 0 Å². The molecule has 2 aromatic carbocycles. The van der Waals surface area contributed by atoms with Crippen molar-refractivity contribution >= 4 is 17.9 Å². The number of carbonyl (C=O) groups excluding carboxylic acids is 3. The van der Waals surface area contributed by atoms with Crippen LogP contribution in [0.2, 0.25) is 0 Å². The molecule has 0 spiro atoms. The van der Waals surface area contributed by atoms with Gasteiger partial charge in [-0.3, -0.25) is 9.59 Å². The van der Waals surface area contributed by atoms with Gasteiger partial charge in [0.2, 0.25) is 11.8 Å². The number of amides is 3. The predicted octanol–water partition coefficient (Wildman–Crippen LogP) is 1.51. The summed E-state index contributed by atoms with van der Waals surface area (Å²) in [5, 5.41) is 5.05.